The van der Waals surface area contributed by atoms with Gasteiger partial charge in [-0.2, -0.15) is 0 Å². The molecule has 1 aliphatic heterocycles. The molecule has 76 valence electrons. The Kier molecular flexibility index (Phi) is 4.43. The van der Waals surface area contributed by atoms with Crippen LogP contribution in [0.1, 0.15) is 39.5 Å². The molecule has 1 fully saturated rings. The van der Waals surface area contributed by atoms with Gasteiger partial charge in [0, 0.05) is 18.9 Å². The standard InChI is InChI=1S/C11H21NO/c1-3-5-11(13)10-6-8-12(9-10)7-4-2/h10H,3-9H2,1-2H3. The van der Waals surface area contributed by atoms with Gasteiger partial charge < -0.3 is 4.90 Å². The summed E-state index contributed by atoms with van der Waals surface area (Å²) in [5.74, 6) is 0.840. The third-order valence-electron chi connectivity index (χ3n) is 2.76. The number of ketones is 1. The van der Waals surface area contributed by atoms with Gasteiger partial charge in [0.2, 0.25) is 0 Å². The zero-order valence-electron chi connectivity index (χ0n) is 8.88. The maximum Gasteiger partial charge on any atom is 0.137 e. The summed E-state index contributed by atoms with van der Waals surface area (Å²) in [6.45, 7) is 7.59. The van der Waals surface area contributed by atoms with Crippen molar-refractivity contribution in [2.45, 2.75) is 39.5 Å². The van der Waals surface area contributed by atoms with Crippen molar-refractivity contribution in [3.8, 4) is 0 Å². The second kappa shape index (κ2) is 5.38. The molecular weight excluding hydrogens is 162 g/mol. The lowest BCUT2D eigenvalue weighted by Gasteiger charge is -2.13. The van der Waals surface area contributed by atoms with Gasteiger partial charge in [-0.25, -0.2) is 0 Å². The number of hydrogen-bond donors (Lipinski definition) is 0. The second-order valence-electron chi connectivity index (χ2n) is 4.00. The fraction of sp³-hybridized carbons (Fsp3) is 0.909. The Labute approximate surface area is 81.3 Å². The zero-order valence-corrected chi connectivity index (χ0v) is 8.88. The van der Waals surface area contributed by atoms with Gasteiger partial charge in [-0.05, 0) is 32.4 Å². The largest absolute Gasteiger partial charge is 0.303 e. The minimum Gasteiger partial charge on any atom is -0.303 e. The van der Waals surface area contributed by atoms with Gasteiger partial charge in [0.1, 0.15) is 5.78 Å². The van der Waals surface area contributed by atoms with Crippen LogP contribution in [0.3, 0.4) is 0 Å². The molecule has 1 unspecified atom stereocenters. The summed E-state index contributed by atoms with van der Waals surface area (Å²) in [6.07, 6.45) is 4.08. The first-order valence-corrected chi connectivity index (χ1v) is 5.53. The summed E-state index contributed by atoms with van der Waals surface area (Å²) in [4.78, 5) is 14.0. The van der Waals surface area contributed by atoms with Crippen molar-refractivity contribution in [3.05, 3.63) is 0 Å². The minimum atomic E-state index is 0.353. The van der Waals surface area contributed by atoms with Gasteiger partial charge in [0.15, 0.2) is 0 Å². The van der Waals surface area contributed by atoms with E-state index in [1.807, 2.05) is 0 Å². The smallest absolute Gasteiger partial charge is 0.137 e. The molecule has 0 N–H and O–H groups in total. The van der Waals surface area contributed by atoms with E-state index in [0.29, 0.717) is 11.7 Å². The molecule has 13 heavy (non-hydrogen) atoms. The van der Waals surface area contributed by atoms with E-state index in [1.165, 1.54) is 6.42 Å². The number of carbonyl (C=O) groups excluding carboxylic acids is 1. The van der Waals surface area contributed by atoms with Gasteiger partial charge in [0.25, 0.3) is 0 Å². The molecule has 0 saturated carbocycles. The summed E-state index contributed by atoms with van der Waals surface area (Å²) >= 11 is 0. The number of nitrogens with zero attached hydrogens (tertiary/aromatic N) is 1. The quantitative estimate of drug-likeness (QED) is 0.650. The van der Waals surface area contributed by atoms with E-state index in [0.717, 1.165) is 38.9 Å². The zero-order chi connectivity index (χ0) is 9.68. The van der Waals surface area contributed by atoms with Crippen molar-refractivity contribution >= 4 is 5.78 Å². The molecule has 0 bridgehead atoms. The van der Waals surface area contributed by atoms with Crippen LogP contribution >= 0.6 is 0 Å². The van der Waals surface area contributed by atoms with Crippen molar-refractivity contribution < 1.29 is 4.79 Å². The Morgan fingerprint density at radius 3 is 2.77 bits per heavy atom. The van der Waals surface area contributed by atoms with E-state index in [1.54, 1.807) is 0 Å². The first-order chi connectivity index (χ1) is 6.27. The molecule has 0 aromatic heterocycles. The lowest BCUT2D eigenvalue weighted by molar-refractivity contribution is -0.122. The van der Waals surface area contributed by atoms with Gasteiger partial charge in [-0.15, -0.1) is 0 Å². The van der Waals surface area contributed by atoms with Crippen LogP contribution in [0.4, 0.5) is 0 Å². The maximum atomic E-state index is 11.6. The molecular formula is C11H21NO. The van der Waals surface area contributed by atoms with E-state index in [2.05, 4.69) is 18.7 Å². The minimum absolute atomic E-state index is 0.353. The average Bonchev–Trinajstić information content (AvgIpc) is 2.54. The highest BCUT2D eigenvalue weighted by atomic mass is 16.1. The van der Waals surface area contributed by atoms with E-state index in [4.69, 9.17) is 0 Å². The van der Waals surface area contributed by atoms with Gasteiger partial charge >= 0.3 is 0 Å². The van der Waals surface area contributed by atoms with Gasteiger partial charge in [-0.3, -0.25) is 4.79 Å². The third kappa shape index (κ3) is 3.11. The highest BCUT2D eigenvalue weighted by Gasteiger charge is 2.26. The normalized spacial score (nSPS) is 23.7. The molecule has 1 heterocycles. The molecule has 0 aromatic carbocycles. The number of rotatable bonds is 5. The predicted octanol–water partition coefficient (Wildman–Crippen LogP) is 2.09. The molecule has 2 heteroatoms. The maximum absolute atomic E-state index is 11.6. The lowest BCUT2D eigenvalue weighted by atomic mass is 10.0. The van der Waals surface area contributed by atoms with Crippen molar-refractivity contribution in [2.75, 3.05) is 19.6 Å². The highest BCUT2D eigenvalue weighted by molar-refractivity contribution is 5.81. The molecule has 0 aromatic rings. The number of Topliss-reactive ketones (excluding diaryl/α,β-unsaturated/α-hetero) is 1. The van der Waals surface area contributed by atoms with Crippen LogP contribution in [-0.4, -0.2) is 30.3 Å². The first kappa shape index (κ1) is 10.7. The predicted molar refractivity (Wildman–Crippen MR) is 54.8 cm³/mol. The van der Waals surface area contributed by atoms with Crippen LogP contribution in [0.2, 0.25) is 0 Å². The topological polar surface area (TPSA) is 20.3 Å². The third-order valence-corrected chi connectivity index (χ3v) is 2.76. The lowest BCUT2D eigenvalue weighted by Crippen LogP contribution is -2.23. The van der Waals surface area contributed by atoms with Crippen LogP contribution in [0.15, 0.2) is 0 Å². The molecule has 0 amide bonds. The molecule has 1 atom stereocenters. The van der Waals surface area contributed by atoms with Crippen molar-refractivity contribution in [1.82, 2.24) is 4.90 Å². The molecule has 1 saturated heterocycles. The first-order valence-electron chi connectivity index (χ1n) is 5.53. The summed E-state index contributed by atoms with van der Waals surface area (Å²) in [7, 11) is 0. The molecule has 2 nitrogen and oxygen atoms in total. The highest BCUT2D eigenvalue weighted by Crippen LogP contribution is 2.18. The van der Waals surface area contributed by atoms with Crippen LogP contribution in [-0.2, 0) is 4.79 Å². The van der Waals surface area contributed by atoms with Crippen LogP contribution in [0.25, 0.3) is 0 Å². The van der Waals surface area contributed by atoms with Crippen LogP contribution < -0.4 is 0 Å². The Morgan fingerprint density at radius 2 is 2.15 bits per heavy atom. The molecule has 0 radical (unpaired) electrons. The molecule has 1 rings (SSSR count). The fourth-order valence-electron chi connectivity index (χ4n) is 2.07. The Morgan fingerprint density at radius 1 is 1.38 bits per heavy atom. The van der Waals surface area contributed by atoms with E-state index >= 15 is 0 Å². The fourth-order valence-corrected chi connectivity index (χ4v) is 2.07. The van der Waals surface area contributed by atoms with E-state index in [9.17, 15) is 4.79 Å². The molecule has 1 aliphatic rings. The Balaban J connectivity index is 2.27. The Hall–Kier alpha value is -0.370. The van der Waals surface area contributed by atoms with Crippen LogP contribution in [0.5, 0.6) is 0 Å². The van der Waals surface area contributed by atoms with Crippen molar-refractivity contribution in [2.24, 2.45) is 5.92 Å². The van der Waals surface area contributed by atoms with Gasteiger partial charge in [-0.1, -0.05) is 13.8 Å². The molecule has 0 aliphatic carbocycles. The van der Waals surface area contributed by atoms with Crippen molar-refractivity contribution in [3.63, 3.8) is 0 Å². The Bertz CT molecular complexity index is 167. The van der Waals surface area contributed by atoms with Crippen molar-refractivity contribution in [1.29, 1.82) is 0 Å². The summed E-state index contributed by atoms with van der Waals surface area (Å²) in [5, 5.41) is 0. The van der Waals surface area contributed by atoms with Gasteiger partial charge in [0.05, 0.1) is 0 Å². The summed E-state index contributed by atoms with van der Waals surface area (Å²) < 4.78 is 0. The number of hydrogen-bond acceptors (Lipinski definition) is 2. The SMILES string of the molecule is CCCC(=O)C1CCN(CCC)C1. The summed E-state index contributed by atoms with van der Waals surface area (Å²) in [5.41, 5.74) is 0. The summed E-state index contributed by atoms with van der Waals surface area (Å²) in [6, 6.07) is 0. The van der Waals surface area contributed by atoms with E-state index in [-0.39, 0.29) is 0 Å². The second-order valence-corrected chi connectivity index (χ2v) is 4.00. The van der Waals surface area contributed by atoms with E-state index < -0.39 is 0 Å². The molecule has 0 spiro atoms. The number of carbonyl (C=O) groups is 1. The van der Waals surface area contributed by atoms with Crippen LogP contribution in [0, 0.1) is 5.92 Å². The number of likely N-dealkylation sites (tertiary alicyclic amines) is 1. The monoisotopic (exact) mass is 183 g/mol. The average molecular weight is 183 g/mol.